The molecule has 5 nitrogen and oxygen atoms in total. The predicted molar refractivity (Wildman–Crippen MR) is 84.8 cm³/mol. The summed E-state index contributed by atoms with van der Waals surface area (Å²) in [6.45, 7) is 2.89. The molecule has 2 N–H and O–H groups in total. The average molecular weight is 345 g/mol. The number of carbonyl (C=O) groups is 2. The molecule has 1 heterocycles. The highest BCUT2D eigenvalue weighted by Gasteiger charge is 2.33. The van der Waals surface area contributed by atoms with Gasteiger partial charge in [0.2, 0.25) is 11.8 Å². The van der Waals surface area contributed by atoms with Crippen molar-refractivity contribution in [2.75, 3.05) is 19.6 Å². The van der Waals surface area contributed by atoms with E-state index < -0.39 is 6.10 Å². The summed E-state index contributed by atoms with van der Waals surface area (Å²) in [6, 6.07) is 4.94. The predicted octanol–water partition coefficient (Wildman–Crippen LogP) is 2.01. The fourth-order valence-electron chi connectivity index (χ4n) is 2.53. The highest BCUT2D eigenvalue weighted by Crippen LogP contribution is 2.30. The van der Waals surface area contributed by atoms with Crippen LogP contribution in [0.1, 0.15) is 25.0 Å². The van der Waals surface area contributed by atoms with Crippen LogP contribution in [0.25, 0.3) is 0 Å². The highest BCUT2D eigenvalue weighted by atomic mass is 35.5. The second-order valence-electron chi connectivity index (χ2n) is 5.23. The summed E-state index contributed by atoms with van der Waals surface area (Å²) in [4.78, 5) is 25.4. The Morgan fingerprint density at radius 3 is 2.64 bits per heavy atom. The highest BCUT2D eigenvalue weighted by molar-refractivity contribution is 6.36. The van der Waals surface area contributed by atoms with Gasteiger partial charge in [-0.15, -0.1) is 0 Å². The van der Waals surface area contributed by atoms with Gasteiger partial charge in [0.1, 0.15) is 0 Å². The van der Waals surface area contributed by atoms with Gasteiger partial charge in [-0.25, -0.2) is 0 Å². The van der Waals surface area contributed by atoms with Gasteiger partial charge in [-0.1, -0.05) is 29.3 Å². The van der Waals surface area contributed by atoms with Crippen molar-refractivity contribution in [2.24, 2.45) is 5.92 Å². The molecule has 0 spiro atoms. The fraction of sp³-hybridized carbons (Fsp3) is 0.467. The van der Waals surface area contributed by atoms with Crippen LogP contribution in [0, 0.1) is 5.92 Å². The Hall–Kier alpha value is -1.30. The molecule has 0 radical (unpaired) electrons. The van der Waals surface area contributed by atoms with Crippen LogP contribution in [0.2, 0.25) is 10.0 Å². The van der Waals surface area contributed by atoms with Gasteiger partial charge < -0.3 is 15.3 Å². The lowest BCUT2D eigenvalue weighted by Crippen LogP contribution is -2.35. The zero-order valence-corrected chi connectivity index (χ0v) is 13.7. The maximum absolute atomic E-state index is 12.1. The minimum Gasteiger partial charge on any atom is -0.386 e. The first-order valence-electron chi connectivity index (χ1n) is 7.11. The summed E-state index contributed by atoms with van der Waals surface area (Å²) in [5, 5.41) is 13.5. The zero-order chi connectivity index (χ0) is 16.3. The normalized spacial score (nSPS) is 19.4. The van der Waals surface area contributed by atoms with E-state index in [1.165, 1.54) is 0 Å². The van der Waals surface area contributed by atoms with Crippen LogP contribution >= 0.6 is 23.2 Å². The van der Waals surface area contributed by atoms with Gasteiger partial charge in [-0.05, 0) is 19.1 Å². The third kappa shape index (κ3) is 3.72. The second kappa shape index (κ2) is 7.31. The van der Waals surface area contributed by atoms with E-state index in [0.717, 1.165) is 0 Å². The van der Waals surface area contributed by atoms with Crippen LogP contribution < -0.4 is 5.32 Å². The molecule has 22 heavy (non-hydrogen) atoms. The van der Waals surface area contributed by atoms with E-state index in [2.05, 4.69) is 5.32 Å². The Balaban J connectivity index is 1.93. The average Bonchev–Trinajstić information content (AvgIpc) is 2.85. The number of hydrogen-bond acceptors (Lipinski definition) is 3. The van der Waals surface area contributed by atoms with E-state index >= 15 is 0 Å². The maximum Gasteiger partial charge on any atom is 0.225 e. The van der Waals surface area contributed by atoms with Crippen molar-refractivity contribution < 1.29 is 14.7 Å². The van der Waals surface area contributed by atoms with Crippen LogP contribution in [-0.4, -0.2) is 41.5 Å². The number of likely N-dealkylation sites (tertiary alicyclic amines) is 1. The van der Waals surface area contributed by atoms with E-state index in [-0.39, 0.29) is 30.7 Å². The Labute approximate surface area is 139 Å². The minimum absolute atomic E-state index is 0.000891. The van der Waals surface area contributed by atoms with Crippen LogP contribution in [0.4, 0.5) is 0 Å². The molecule has 1 fully saturated rings. The van der Waals surface area contributed by atoms with Gasteiger partial charge in [0.25, 0.3) is 0 Å². The topological polar surface area (TPSA) is 69.6 Å². The SMILES string of the molecule is CCN1C[C@H](C(=O)NC[C@@H](O)c2c(Cl)cccc2Cl)CC1=O. The molecule has 7 heteroatoms. The summed E-state index contributed by atoms with van der Waals surface area (Å²) in [5.41, 5.74) is 0.392. The fourth-order valence-corrected chi connectivity index (χ4v) is 3.18. The first-order valence-corrected chi connectivity index (χ1v) is 7.87. The maximum atomic E-state index is 12.1. The number of hydrogen-bond donors (Lipinski definition) is 2. The number of carbonyl (C=O) groups excluding carboxylic acids is 2. The van der Waals surface area contributed by atoms with Gasteiger partial charge in [0, 0.05) is 41.7 Å². The van der Waals surface area contributed by atoms with Gasteiger partial charge >= 0.3 is 0 Å². The number of rotatable bonds is 5. The molecule has 0 aliphatic carbocycles. The quantitative estimate of drug-likeness (QED) is 0.858. The molecule has 0 unspecified atom stereocenters. The molecular weight excluding hydrogens is 327 g/mol. The molecule has 120 valence electrons. The van der Waals surface area contributed by atoms with Gasteiger partial charge in [0.15, 0.2) is 0 Å². The second-order valence-corrected chi connectivity index (χ2v) is 6.04. The number of nitrogens with zero attached hydrogens (tertiary/aromatic N) is 1. The van der Waals surface area contributed by atoms with Crippen molar-refractivity contribution in [1.29, 1.82) is 0 Å². The number of aliphatic hydroxyl groups excluding tert-OH is 1. The van der Waals surface area contributed by atoms with Crippen LogP contribution in [0.3, 0.4) is 0 Å². The van der Waals surface area contributed by atoms with Gasteiger partial charge in [0.05, 0.1) is 12.0 Å². The van der Waals surface area contributed by atoms with Crippen molar-refractivity contribution >= 4 is 35.0 Å². The molecule has 0 aromatic heterocycles. The molecule has 0 saturated carbocycles. The van der Waals surface area contributed by atoms with E-state index in [1.807, 2.05) is 6.92 Å². The lowest BCUT2D eigenvalue weighted by molar-refractivity contribution is -0.129. The van der Waals surface area contributed by atoms with Crippen LogP contribution in [-0.2, 0) is 9.59 Å². The molecule has 1 aliphatic rings. The summed E-state index contributed by atoms with van der Waals surface area (Å²) >= 11 is 12.0. The molecule has 2 rings (SSSR count). The molecule has 2 atom stereocenters. The van der Waals surface area contributed by atoms with Crippen molar-refractivity contribution in [2.45, 2.75) is 19.4 Å². The third-order valence-corrected chi connectivity index (χ3v) is 4.43. The molecule has 1 aliphatic heterocycles. The van der Waals surface area contributed by atoms with Crippen molar-refractivity contribution in [3.63, 3.8) is 0 Å². The summed E-state index contributed by atoms with van der Waals surface area (Å²) in [5.74, 6) is -0.634. The van der Waals surface area contributed by atoms with E-state index in [0.29, 0.717) is 28.7 Å². The molecule has 1 saturated heterocycles. The molecular formula is C15H18Cl2N2O3. The smallest absolute Gasteiger partial charge is 0.225 e. The molecule has 0 bridgehead atoms. The van der Waals surface area contributed by atoms with Crippen LogP contribution in [0.15, 0.2) is 18.2 Å². The summed E-state index contributed by atoms with van der Waals surface area (Å²) in [6.07, 6.45) is -0.785. The van der Waals surface area contributed by atoms with E-state index in [1.54, 1.807) is 23.1 Å². The first kappa shape index (κ1) is 17.1. The minimum atomic E-state index is -0.996. The Morgan fingerprint density at radius 1 is 1.45 bits per heavy atom. The Kier molecular flexibility index (Phi) is 5.67. The molecule has 2 amide bonds. The van der Waals surface area contributed by atoms with Crippen molar-refractivity contribution in [1.82, 2.24) is 10.2 Å². The Bertz CT molecular complexity index is 560. The van der Waals surface area contributed by atoms with Crippen molar-refractivity contribution in [3.05, 3.63) is 33.8 Å². The number of aliphatic hydroxyl groups is 1. The number of halogens is 2. The first-order chi connectivity index (χ1) is 10.4. The monoisotopic (exact) mass is 344 g/mol. The third-order valence-electron chi connectivity index (χ3n) is 3.77. The zero-order valence-electron chi connectivity index (χ0n) is 12.2. The summed E-state index contributed by atoms with van der Waals surface area (Å²) in [7, 11) is 0. The van der Waals surface area contributed by atoms with Gasteiger partial charge in [-0.3, -0.25) is 9.59 Å². The van der Waals surface area contributed by atoms with Gasteiger partial charge in [-0.2, -0.15) is 0 Å². The largest absolute Gasteiger partial charge is 0.386 e. The number of nitrogens with one attached hydrogen (secondary N) is 1. The van der Waals surface area contributed by atoms with Crippen LogP contribution in [0.5, 0.6) is 0 Å². The van der Waals surface area contributed by atoms with E-state index in [4.69, 9.17) is 23.2 Å². The molecule has 1 aromatic carbocycles. The number of amides is 2. The lowest BCUT2D eigenvalue weighted by atomic mass is 10.1. The van der Waals surface area contributed by atoms with E-state index in [9.17, 15) is 14.7 Å². The lowest BCUT2D eigenvalue weighted by Gasteiger charge is -2.17. The summed E-state index contributed by atoms with van der Waals surface area (Å²) < 4.78 is 0. The number of benzene rings is 1. The molecule has 1 aromatic rings. The standard InChI is InChI=1S/C15H18Cl2N2O3/c1-2-19-8-9(6-13(19)21)15(22)18-7-12(20)14-10(16)4-3-5-11(14)17/h3-5,9,12,20H,2,6-8H2,1H3,(H,18,22)/t9-,12-/m1/s1. The van der Waals surface area contributed by atoms with Crippen molar-refractivity contribution in [3.8, 4) is 0 Å². The Morgan fingerprint density at radius 2 is 2.09 bits per heavy atom.